The molecule has 0 atom stereocenters. The first kappa shape index (κ1) is 18.9. The van der Waals surface area contributed by atoms with E-state index in [4.69, 9.17) is 9.84 Å². The average molecular weight is 336 g/mol. The molecule has 1 fully saturated rings. The van der Waals surface area contributed by atoms with Gasteiger partial charge in [0.1, 0.15) is 5.75 Å². The van der Waals surface area contributed by atoms with Crippen molar-refractivity contribution in [1.29, 1.82) is 0 Å². The van der Waals surface area contributed by atoms with Gasteiger partial charge in [-0.15, -0.1) is 0 Å². The number of likely N-dealkylation sites (N-methyl/N-ethyl adjacent to an activating group) is 1. The molecular formula is C13H24N2O6S. The minimum Gasteiger partial charge on any atom is -0.480 e. The minimum absolute atomic E-state index is 0.0206. The van der Waals surface area contributed by atoms with Gasteiger partial charge in [0.05, 0.1) is 18.9 Å². The Labute approximate surface area is 130 Å². The largest absolute Gasteiger partial charge is 0.480 e. The van der Waals surface area contributed by atoms with Crippen molar-refractivity contribution in [2.24, 2.45) is 0 Å². The lowest BCUT2D eigenvalue weighted by atomic mass is 9.85. The molecule has 0 aromatic heterocycles. The maximum absolute atomic E-state index is 11.7. The molecule has 0 aromatic carbocycles. The molecule has 1 aliphatic carbocycles. The van der Waals surface area contributed by atoms with Crippen molar-refractivity contribution >= 4 is 21.7 Å². The molecule has 0 aromatic rings. The summed E-state index contributed by atoms with van der Waals surface area (Å²) in [6, 6.07) is 0.0365. The lowest BCUT2D eigenvalue weighted by Crippen LogP contribution is -2.55. The fourth-order valence-corrected chi connectivity index (χ4v) is 3.48. The van der Waals surface area contributed by atoms with E-state index in [-0.39, 0.29) is 31.0 Å². The van der Waals surface area contributed by atoms with Crippen molar-refractivity contribution in [3.05, 3.63) is 0 Å². The van der Waals surface area contributed by atoms with E-state index >= 15 is 0 Å². The molecule has 2 N–H and O–H groups in total. The summed E-state index contributed by atoms with van der Waals surface area (Å²) in [5.74, 6) is -2.10. The lowest BCUT2D eigenvalue weighted by molar-refractivity contribution is -0.139. The quantitative estimate of drug-likeness (QED) is 0.531. The van der Waals surface area contributed by atoms with E-state index in [1.165, 1.54) is 7.11 Å². The van der Waals surface area contributed by atoms with Crippen LogP contribution >= 0.6 is 0 Å². The third kappa shape index (κ3) is 6.29. The molecule has 1 aliphatic rings. The van der Waals surface area contributed by atoms with Gasteiger partial charge >= 0.3 is 5.97 Å². The summed E-state index contributed by atoms with van der Waals surface area (Å²) in [7, 11) is -2.04. The zero-order chi connectivity index (χ0) is 16.8. The van der Waals surface area contributed by atoms with Gasteiger partial charge in [0.2, 0.25) is 5.91 Å². The Kier molecular flexibility index (Phi) is 7.24. The van der Waals surface area contributed by atoms with Gasteiger partial charge < -0.3 is 15.2 Å². The highest BCUT2D eigenvalue weighted by Crippen LogP contribution is 2.25. The Bertz CT molecular complexity index is 487. The molecule has 0 saturated heterocycles. The molecule has 0 radical (unpaired) electrons. The maximum Gasteiger partial charge on any atom is 0.317 e. The van der Waals surface area contributed by atoms with Crippen LogP contribution in [0.2, 0.25) is 0 Å². The Morgan fingerprint density at radius 1 is 1.36 bits per heavy atom. The topological polar surface area (TPSA) is 113 Å². The standard InChI is InChI=1S/C13H24N2O6S/c1-3-15(8-13(17)18)11-6-10(7-11)14-12(16)9-22(19,20)5-4-21-2/h10-11H,3-9H2,1-2H3,(H,14,16)(H,17,18). The first-order chi connectivity index (χ1) is 10.3. The number of aliphatic carboxylic acids is 1. The van der Waals surface area contributed by atoms with Crippen molar-refractivity contribution in [2.75, 3.05) is 38.3 Å². The zero-order valence-corrected chi connectivity index (χ0v) is 13.8. The van der Waals surface area contributed by atoms with Crippen molar-refractivity contribution in [3.8, 4) is 0 Å². The molecule has 8 nitrogen and oxygen atoms in total. The van der Waals surface area contributed by atoms with Crippen LogP contribution in [0.25, 0.3) is 0 Å². The molecule has 1 rings (SSSR count). The molecule has 128 valence electrons. The summed E-state index contributed by atoms with van der Waals surface area (Å²) in [6.45, 7) is 2.56. The summed E-state index contributed by atoms with van der Waals surface area (Å²) in [4.78, 5) is 24.3. The number of rotatable bonds is 10. The molecule has 0 heterocycles. The van der Waals surface area contributed by atoms with Crippen molar-refractivity contribution in [2.45, 2.75) is 31.8 Å². The molecule has 0 aliphatic heterocycles. The van der Waals surface area contributed by atoms with Crippen LogP contribution in [0.5, 0.6) is 0 Å². The molecule has 9 heteroatoms. The molecular weight excluding hydrogens is 312 g/mol. The first-order valence-corrected chi connectivity index (χ1v) is 9.04. The van der Waals surface area contributed by atoms with Crippen LogP contribution in [-0.4, -0.2) is 80.7 Å². The van der Waals surface area contributed by atoms with E-state index in [0.29, 0.717) is 19.4 Å². The van der Waals surface area contributed by atoms with Gasteiger partial charge in [-0.05, 0) is 19.4 Å². The van der Waals surface area contributed by atoms with Crippen LogP contribution < -0.4 is 5.32 Å². The maximum atomic E-state index is 11.7. The number of methoxy groups -OCH3 is 1. The third-order valence-corrected chi connectivity index (χ3v) is 5.18. The van der Waals surface area contributed by atoms with Crippen molar-refractivity contribution in [1.82, 2.24) is 10.2 Å². The third-order valence-electron chi connectivity index (χ3n) is 3.69. The first-order valence-electron chi connectivity index (χ1n) is 7.22. The van der Waals surface area contributed by atoms with E-state index in [0.717, 1.165) is 0 Å². The number of nitrogens with one attached hydrogen (secondary N) is 1. The van der Waals surface area contributed by atoms with Crippen LogP contribution in [0.1, 0.15) is 19.8 Å². The molecule has 1 saturated carbocycles. The highest BCUT2D eigenvalue weighted by Gasteiger charge is 2.35. The molecule has 1 amide bonds. The molecule has 0 spiro atoms. The molecule has 0 bridgehead atoms. The lowest BCUT2D eigenvalue weighted by Gasteiger charge is -2.42. The number of hydrogen-bond donors (Lipinski definition) is 2. The Hall–Kier alpha value is -1.19. The second kappa shape index (κ2) is 8.44. The number of sulfone groups is 1. The Balaban J connectivity index is 2.33. The number of carbonyl (C=O) groups excluding carboxylic acids is 1. The fraction of sp³-hybridized carbons (Fsp3) is 0.846. The predicted molar refractivity (Wildman–Crippen MR) is 80.4 cm³/mol. The zero-order valence-electron chi connectivity index (χ0n) is 12.9. The van der Waals surface area contributed by atoms with Crippen molar-refractivity contribution in [3.63, 3.8) is 0 Å². The Morgan fingerprint density at radius 2 is 2.00 bits per heavy atom. The van der Waals surface area contributed by atoms with Gasteiger partial charge in [0.25, 0.3) is 0 Å². The number of hydrogen-bond acceptors (Lipinski definition) is 6. The van der Waals surface area contributed by atoms with E-state index in [9.17, 15) is 18.0 Å². The number of carboxylic acid groups (broad SMARTS) is 1. The second-order valence-electron chi connectivity index (χ2n) is 5.43. The van der Waals surface area contributed by atoms with Crippen molar-refractivity contribution < 1.29 is 27.9 Å². The predicted octanol–water partition coefficient (Wildman–Crippen LogP) is -0.899. The minimum atomic E-state index is -3.45. The number of nitrogens with zero attached hydrogens (tertiary/aromatic N) is 1. The van der Waals surface area contributed by atoms with Gasteiger partial charge in [0, 0.05) is 19.2 Å². The highest BCUT2D eigenvalue weighted by atomic mass is 32.2. The van der Waals surface area contributed by atoms with E-state index in [1.54, 1.807) is 0 Å². The summed E-state index contributed by atoms with van der Waals surface area (Å²) < 4.78 is 27.9. The van der Waals surface area contributed by atoms with Crippen LogP contribution in [0.3, 0.4) is 0 Å². The van der Waals surface area contributed by atoms with Gasteiger partial charge in [-0.1, -0.05) is 6.92 Å². The SMILES string of the molecule is CCN(CC(=O)O)C1CC(NC(=O)CS(=O)(=O)CCOC)C1. The molecule has 0 unspecified atom stereocenters. The monoisotopic (exact) mass is 336 g/mol. The van der Waals surface area contributed by atoms with Crippen LogP contribution in [0.4, 0.5) is 0 Å². The van der Waals surface area contributed by atoms with Crippen LogP contribution in [0.15, 0.2) is 0 Å². The van der Waals surface area contributed by atoms with Gasteiger partial charge in [0.15, 0.2) is 9.84 Å². The highest BCUT2D eigenvalue weighted by molar-refractivity contribution is 7.92. The van der Waals surface area contributed by atoms with Crippen LogP contribution in [-0.2, 0) is 24.2 Å². The normalized spacial score (nSPS) is 21.4. The summed E-state index contributed by atoms with van der Waals surface area (Å²) in [5, 5.41) is 11.5. The van der Waals surface area contributed by atoms with E-state index in [2.05, 4.69) is 5.32 Å². The summed E-state index contributed by atoms with van der Waals surface area (Å²) >= 11 is 0. The smallest absolute Gasteiger partial charge is 0.317 e. The number of carbonyl (C=O) groups is 2. The van der Waals surface area contributed by atoms with E-state index in [1.807, 2.05) is 11.8 Å². The van der Waals surface area contributed by atoms with Gasteiger partial charge in [-0.25, -0.2) is 8.42 Å². The summed E-state index contributed by atoms with van der Waals surface area (Å²) in [5.41, 5.74) is 0. The summed E-state index contributed by atoms with van der Waals surface area (Å²) in [6.07, 6.45) is 1.29. The molecule has 22 heavy (non-hydrogen) atoms. The number of carboxylic acids is 1. The fourth-order valence-electron chi connectivity index (χ4n) is 2.43. The second-order valence-corrected chi connectivity index (χ2v) is 7.62. The van der Waals surface area contributed by atoms with Gasteiger partial charge in [-0.3, -0.25) is 14.5 Å². The Morgan fingerprint density at radius 3 is 2.50 bits per heavy atom. The van der Waals surface area contributed by atoms with Gasteiger partial charge in [-0.2, -0.15) is 0 Å². The average Bonchev–Trinajstić information content (AvgIpc) is 2.37. The van der Waals surface area contributed by atoms with Crippen LogP contribution in [0, 0.1) is 0 Å². The number of ether oxygens (including phenoxy) is 1. The van der Waals surface area contributed by atoms with E-state index < -0.39 is 27.5 Å². The number of amides is 1.